The molecule has 0 aromatic heterocycles. The van der Waals surface area contributed by atoms with Crippen LogP contribution in [0.1, 0.15) is 44.7 Å². The van der Waals surface area contributed by atoms with E-state index in [4.69, 9.17) is 0 Å². The molecule has 0 amide bonds. The minimum absolute atomic E-state index is 0.0754. The highest BCUT2D eigenvalue weighted by Gasteiger charge is 2.29. The summed E-state index contributed by atoms with van der Waals surface area (Å²) < 4.78 is 0. The van der Waals surface area contributed by atoms with Crippen molar-refractivity contribution in [3.8, 4) is 0 Å². The molecule has 1 aromatic rings. The molecule has 22 heavy (non-hydrogen) atoms. The fraction of sp³-hybridized carbons (Fsp3) is 0.526. The Morgan fingerprint density at radius 3 is 2.73 bits per heavy atom. The lowest BCUT2D eigenvalue weighted by Crippen LogP contribution is -2.38. The summed E-state index contributed by atoms with van der Waals surface area (Å²) in [5.41, 5.74) is 3.29. The van der Waals surface area contributed by atoms with E-state index in [9.17, 15) is 4.79 Å². The SMILES string of the molecule is CCCc1cccc(C2=CN(CCC)CC(SCC)C2=O)c1. The normalized spacial score (nSPS) is 18.5. The Hall–Kier alpha value is -1.22. The number of hydrogen-bond donors (Lipinski definition) is 0. The van der Waals surface area contributed by atoms with Crippen LogP contribution in [0, 0.1) is 0 Å². The van der Waals surface area contributed by atoms with Gasteiger partial charge in [-0.1, -0.05) is 51.5 Å². The summed E-state index contributed by atoms with van der Waals surface area (Å²) in [6.07, 6.45) is 5.40. The summed E-state index contributed by atoms with van der Waals surface area (Å²) in [5, 5.41) is 0.0754. The van der Waals surface area contributed by atoms with E-state index in [-0.39, 0.29) is 5.25 Å². The summed E-state index contributed by atoms with van der Waals surface area (Å²) in [5.74, 6) is 1.28. The third kappa shape index (κ3) is 4.16. The molecule has 0 fully saturated rings. The maximum absolute atomic E-state index is 12.8. The number of Topliss-reactive ketones (excluding diaryl/α,β-unsaturated/α-hetero) is 1. The quantitative estimate of drug-likeness (QED) is 0.743. The van der Waals surface area contributed by atoms with Crippen LogP contribution in [0.4, 0.5) is 0 Å². The van der Waals surface area contributed by atoms with E-state index in [1.165, 1.54) is 5.56 Å². The summed E-state index contributed by atoms with van der Waals surface area (Å²) in [6.45, 7) is 8.37. The molecule has 0 spiro atoms. The summed E-state index contributed by atoms with van der Waals surface area (Å²) >= 11 is 1.77. The van der Waals surface area contributed by atoms with E-state index in [2.05, 4.69) is 56.1 Å². The van der Waals surface area contributed by atoms with Crippen LogP contribution in [0.5, 0.6) is 0 Å². The smallest absolute Gasteiger partial charge is 0.179 e. The molecular weight excluding hydrogens is 290 g/mol. The number of hydrogen-bond acceptors (Lipinski definition) is 3. The average molecular weight is 317 g/mol. The van der Waals surface area contributed by atoms with E-state index < -0.39 is 0 Å². The van der Waals surface area contributed by atoms with Gasteiger partial charge in [0.1, 0.15) is 0 Å². The van der Waals surface area contributed by atoms with E-state index in [0.29, 0.717) is 5.78 Å². The zero-order valence-corrected chi connectivity index (χ0v) is 14.8. The fourth-order valence-corrected chi connectivity index (χ4v) is 3.92. The lowest BCUT2D eigenvalue weighted by Gasteiger charge is -2.31. The Labute approximate surface area is 139 Å². The van der Waals surface area contributed by atoms with E-state index in [1.807, 2.05) is 0 Å². The molecule has 0 aliphatic carbocycles. The second kappa shape index (κ2) is 8.42. The summed E-state index contributed by atoms with van der Waals surface area (Å²) in [4.78, 5) is 15.1. The van der Waals surface area contributed by atoms with E-state index in [0.717, 1.165) is 49.2 Å². The van der Waals surface area contributed by atoms with Crippen LogP contribution in [0.15, 0.2) is 30.5 Å². The zero-order valence-electron chi connectivity index (χ0n) is 14.0. The van der Waals surface area contributed by atoms with Crippen molar-refractivity contribution in [2.24, 2.45) is 0 Å². The molecule has 3 heteroatoms. The second-order valence-electron chi connectivity index (χ2n) is 5.80. The fourth-order valence-electron chi connectivity index (χ4n) is 2.94. The Bertz CT molecular complexity index is 538. The van der Waals surface area contributed by atoms with Crippen LogP contribution in [0.25, 0.3) is 5.57 Å². The van der Waals surface area contributed by atoms with Crippen molar-refractivity contribution in [3.05, 3.63) is 41.6 Å². The van der Waals surface area contributed by atoms with Gasteiger partial charge in [0.2, 0.25) is 0 Å². The van der Waals surface area contributed by atoms with Crippen LogP contribution < -0.4 is 0 Å². The number of thioether (sulfide) groups is 1. The molecule has 1 atom stereocenters. The Kier molecular flexibility index (Phi) is 6.56. The van der Waals surface area contributed by atoms with Gasteiger partial charge in [0.05, 0.1) is 5.25 Å². The number of ketones is 1. The van der Waals surface area contributed by atoms with Gasteiger partial charge in [0.25, 0.3) is 0 Å². The number of carbonyl (C=O) groups excluding carboxylic acids is 1. The highest BCUT2D eigenvalue weighted by molar-refractivity contribution is 8.00. The molecule has 1 aliphatic heterocycles. The monoisotopic (exact) mass is 317 g/mol. The molecule has 2 rings (SSSR count). The van der Waals surface area contributed by atoms with Gasteiger partial charge in [-0.2, -0.15) is 0 Å². The second-order valence-corrected chi connectivity index (χ2v) is 7.28. The molecule has 0 radical (unpaired) electrons. The first-order chi connectivity index (χ1) is 10.7. The standard InChI is InChI=1S/C19H27NOS/c1-4-8-15-9-7-10-16(12-15)17-13-20(11-5-2)14-18(19(17)21)22-6-3/h7,9-10,12-13,18H,4-6,8,11,14H2,1-3H3. The Balaban J connectivity index is 2.32. The van der Waals surface area contributed by atoms with Crippen LogP contribution >= 0.6 is 11.8 Å². The van der Waals surface area contributed by atoms with Crippen molar-refractivity contribution in [2.45, 2.75) is 45.3 Å². The third-order valence-electron chi connectivity index (χ3n) is 3.93. The van der Waals surface area contributed by atoms with Crippen molar-refractivity contribution in [2.75, 3.05) is 18.8 Å². The van der Waals surface area contributed by atoms with Crippen molar-refractivity contribution >= 4 is 23.1 Å². The van der Waals surface area contributed by atoms with Gasteiger partial charge < -0.3 is 4.90 Å². The predicted molar refractivity (Wildman–Crippen MR) is 97.2 cm³/mol. The number of aryl methyl sites for hydroxylation is 1. The molecule has 1 heterocycles. The molecule has 2 nitrogen and oxygen atoms in total. The van der Waals surface area contributed by atoms with Gasteiger partial charge in [-0.05, 0) is 29.7 Å². The van der Waals surface area contributed by atoms with Crippen molar-refractivity contribution in [3.63, 3.8) is 0 Å². The van der Waals surface area contributed by atoms with Crippen LogP contribution in [-0.2, 0) is 11.2 Å². The third-order valence-corrected chi connectivity index (χ3v) is 5.02. The van der Waals surface area contributed by atoms with E-state index >= 15 is 0 Å². The molecule has 0 N–H and O–H groups in total. The van der Waals surface area contributed by atoms with Gasteiger partial charge in [-0.15, -0.1) is 11.8 Å². The minimum atomic E-state index is 0.0754. The van der Waals surface area contributed by atoms with Gasteiger partial charge in [0, 0.05) is 24.9 Å². The first-order valence-electron chi connectivity index (χ1n) is 8.40. The molecule has 1 aromatic carbocycles. The average Bonchev–Trinajstić information content (AvgIpc) is 2.51. The molecule has 1 aliphatic rings. The molecule has 0 saturated heterocycles. The molecule has 1 unspecified atom stereocenters. The lowest BCUT2D eigenvalue weighted by molar-refractivity contribution is -0.113. The van der Waals surface area contributed by atoms with E-state index in [1.54, 1.807) is 11.8 Å². The van der Waals surface area contributed by atoms with Crippen molar-refractivity contribution in [1.29, 1.82) is 0 Å². The molecule has 120 valence electrons. The topological polar surface area (TPSA) is 20.3 Å². The molecule has 0 saturated carbocycles. The maximum Gasteiger partial charge on any atom is 0.179 e. The van der Waals surface area contributed by atoms with Crippen LogP contribution in [-0.4, -0.2) is 34.8 Å². The Morgan fingerprint density at radius 2 is 2.05 bits per heavy atom. The predicted octanol–water partition coefficient (Wildman–Crippen LogP) is 4.40. The number of rotatable bonds is 7. The maximum atomic E-state index is 12.8. The van der Waals surface area contributed by atoms with Crippen LogP contribution in [0.3, 0.4) is 0 Å². The van der Waals surface area contributed by atoms with Crippen molar-refractivity contribution in [1.82, 2.24) is 4.90 Å². The number of allylic oxidation sites excluding steroid dienone is 1. The number of nitrogens with zero attached hydrogens (tertiary/aromatic N) is 1. The first-order valence-corrected chi connectivity index (χ1v) is 9.45. The van der Waals surface area contributed by atoms with Gasteiger partial charge in [-0.3, -0.25) is 4.79 Å². The van der Waals surface area contributed by atoms with Gasteiger partial charge >= 0.3 is 0 Å². The highest BCUT2D eigenvalue weighted by Crippen LogP contribution is 2.29. The number of benzene rings is 1. The highest BCUT2D eigenvalue weighted by atomic mass is 32.2. The largest absolute Gasteiger partial charge is 0.375 e. The number of carbonyl (C=O) groups is 1. The molecular formula is C19H27NOS. The Morgan fingerprint density at radius 1 is 1.23 bits per heavy atom. The van der Waals surface area contributed by atoms with Crippen LogP contribution in [0.2, 0.25) is 0 Å². The first kappa shape index (κ1) is 17.1. The van der Waals surface area contributed by atoms with Crippen molar-refractivity contribution < 1.29 is 4.79 Å². The summed E-state index contributed by atoms with van der Waals surface area (Å²) in [6, 6.07) is 8.50. The molecule has 0 bridgehead atoms. The summed E-state index contributed by atoms with van der Waals surface area (Å²) in [7, 11) is 0. The minimum Gasteiger partial charge on any atom is -0.375 e. The van der Waals surface area contributed by atoms with Gasteiger partial charge in [-0.25, -0.2) is 0 Å². The van der Waals surface area contributed by atoms with Gasteiger partial charge in [0.15, 0.2) is 5.78 Å². The zero-order chi connectivity index (χ0) is 15.9. The lowest BCUT2D eigenvalue weighted by atomic mass is 9.95.